The summed E-state index contributed by atoms with van der Waals surface area (Å²) in [6, 6.07) is 0. The SMILES string of the molecule is CCCCCC(O)/C=C/[C@@H]1[C@H]2CC[C@H](CCCC(=O)OC(C)C)CO[C@H]2CC1(F)F. The number of hydrogen-bond acceptors (Lipinski definition) is 4. The summed E-state index contributed by atoms with van der Waals surface area (Å²) in [7, 11) is 0. The maximum atomic E-state index is 14.6. The molecule has 1 saturated carbocycles. The molecule has 0 aromatic carbocycles. The largest absolute Gasteiger partial charge is 0.463 e. The Morgan fingerprint density at radius 1 is 1.27 bits per heavy atom. The lowest BCUT2D eigenvalue weighted by Crippen LogP contribution is -2.25. The van der Waals surface area contributed by atoms with Crippen LogP contribution < -0.4 is 0 Å². The smallest absolute Gasteiger partial charge is 0.306 e. The van der Waals surface area contributed by atoms with Gasteiger partial charge in [0.05, 0.1) is 18.3 Å². The van der Waals surface area contributed by atoms with Crippen molar-refractivity contribution in [3.63, 3.8) is 0 Å². The van der Waals surface area contributed by atoms with E-state index in [-0.39, 0.29) is 24.4 Å². The minimum absolute atomic E-state index is 0.102. The van der Waals surface area contributed by atoms with E-state index in [1.165, 1.54) is 0 Å². The molecule has 30 heavy (non-hydrogen) atoms. The lowest BCUT2D eigenvalue weighted by molar-refractivity contribution is -0.147. The summed E-state index contributed by atoms with van der Waals surface area (Å²) >= 11 is 0. The number of aliphatic hydroxyl groups excluding tert-OH is 1. The zero-order valence-electron chi connectivity index (χ0n) is 18.8. The zero-order valence-corrected chi connectivity index (χ0v) is 18.8. The number of halogens is 2. The van der Waals surface area contributed by atoms with E-state index < -0.39 is 24.0 Å². The highest BCUT2D eigenvalue weighted by atomic mass is 19.3. The van der Waals surface area contributed by atoms with Crippen molar-refractivity contribution in [3.05, 3.63) is 12.2 Å². The van der Waals surface area contributed by atoms with Crippen LogP contribution in [-0.4, -0.2) is 41.9 Å². The van der Waals surface area contributed by atoms with Crippen molar-refractivity contribution in [1.29, 1.82) is 0 Å². The Balaban J connectivity index is 1.85. The van der Waals surface area contributed by atoms with E-state index in [4.69, 9.17) is 9.47 Å². The topological polar surface area (TPSA) is 55.8 Å². The van der Waals surface area contributed by atoms with Crippen LogP contribution in [-0.2, 0) is 14.3 Å². The second-order valence-electron chi connectivity index (χ2n) is 9.35. The van der Waals surface area contributed by atoms with Crippen molar-refractivity contribution in [1.82, 2.24) is 0 Å². The Labute approximate surface area is 180 Å². The van der Waals surface area contributed by atoms with Gasteiger partial charge >= 0.3 is 5.97 Å². The Morgan fingerprint density at radius 3 is 2.73 bits per heavy atom. The quantitative estimate of drug-likeness (QED) is 0.261. The van der Waals surface area contributed by atoms with Crippen LogP contribution >= 0.6 is 0 Å². The highest BCUT2D eigenvalue weighted by Crippen LogP contribution is 2.50. The van der Waals surface area contributed by atoms with Gasteiger partial charge in [0.2, 0.25) is 0 Å². The van der Waals surface area contributed by atoms with Crippen molar-refractivity contribution in [2.45, 2.75) is 109 Å². The van der Waals surface area contributed by atoms with Crippen molar-refractivity contribution in [2.75, 3.05) is 6.61 Å². The third kappa shape index (κ3) is 7.92. The maximum Gasteiger partial charge on any atom is 0.306 e. The lowest BCUT2D eigenvalue weighted by atomic mass is 9.86. The zero-order chi connectivity index (χ0) is 22.1. The van der Waals surface area contributed by atoms with Crippen LogP contribution in [0.15, 0.2) is 12.2 Å². The number of fused-ring (bicyclic) bond motifs is 1. The molecule has 0 spiro atoms. The Bertz CT molecular complexity index is 549. The molecule has 2 rings (SSSR count). The number of carbonyl (C=O) groups excluding carboxylic acids is 1. The molecular formula is C24H40F2O4. The molecule has 1 aliphatic carbocycles. The first-order chi connectivity index (χ1) is 14.2. The number of alkyl halides is 2. The normalized spacial score (nSPS) is 29.7. The van der Waals surface area contributed by atoms with Crippen molar-refractivity contribution >= 4 is 5.97 Å². The summed E-state index contributed by atoms with van der Waals surface area (Å²) < 4.78 is 40.3. The summed E-state index contributed by atoms with van der Waals surface area (Å²) in [5, 5.41) is 10.1. The molecule has 0 aromatic heterocycles. The molecule has 2 fully saturated rings. The predicted molar refractivity (Wildman–Crippen MR) is 113 cm³/mol. The Hall–Kier alpha value is -1.01. The number of hydrogen-bond donors (Lipinski definition) is 1. The van der Waals surface area contributed by atoms with Crippen LogP contribution in [0, 0.1) is 17.8 Å². The van der Waals surface area contributed by atoms with Gasteiger partial charge in [0.25, 0.3) is 5.92 Å². The standard InChI is InChI=1S/C24H40F2O4/c1-4-5-6-9-19(27)12-14-21-20-13-11-18(8-7-10-23(28)30-17(2)3)16-29-22(20)15-24(21,25)26/h12,14,17-22,27H,4-11,13,15-16H2,1-3H3/b14-12+/t18-,19?,20+,21+,22-/m0/s1. The van der Waals surface area contributed by atoms with Gasteiger partial charge in [-0.2, -0.15) is 0 Å². The highest BCUT2D eigenvalue weighted by Gasteiger charge is 2.55. The lowest BCUT2D eigenvalue weighted by Gasteiger charge is -2.22. The van der Waals surface area contributed by atoms with Crippen LogP contribution in [0.4, 0.5) is 8.78 Å². The molecule has 0 amide bonds. The molecule has 0 aromatic rings. The average molecular weight is 431 g/mol. The van der Waals surface area contributed by atoms with E-state index >= 15 is 0 Å². The van der Waals surface area contributed by atoms with E-state index in [2.05, 4.69) is 6.92 Å². The first-order valence-corrected chi connectivity index (χ1v) is 11.8. The van der Waals surface area contributed by atoms with Gasteiger partial charge in [-0.3, -0.25) is 4.79 Å². The fourth-order valence-corrected chi connectivity index (χ4v) is 4.74. The van der Waals surface area contributed by atoms with E-state index in [0.29, 0.717) is 31.8 Å². The van der Waals surface area contributed by atoms with E-state index in [0.717, 1.165) is 38.5 Å². The van der Waals surface area contributed by atoms with E-state index in [1.807, 2.05) is 13.8 Å². The van der Waals surface area contributed by atoms with Crippen LogP contribution in [0.5, 0.6) is 0 Å². The molecule has 2 aliphatic rings. The minimum atomic E-state index is -2.79. The molecule has 0 bridgehead atoms. The van der Waals surface area contributed by atoms with Gasteiger partial charge in [0.15, 0.2) is 0 Å². The number of unbranched alkanes of at least 4 members (excludes halogenated alkanes) is 2. The van der Waals surface area contributed by atoms with Gasteiger partial charge in [-0.15, -0.1) is 0 Å². The highest BCUT2D eigenvalue weighted by molar-refractivity contribution is 5.69. The number of aliphatic hydroxyl groups is 1. The monoisotopic (exact) mass is 430 g/mol. The van der Waals surface area contributed by atoms with E-state index in [9.17, 15) is 18.7 Å². The molecule has 6 heteroatoms. The maximum absolute atomic E-state index is 14.6. The third-order valence-electron chi connectivity index (χ3n) is 6.36. The molecule has 174 valence electrons. The van der Waals surface area contributed by atoms with Crippen LogP contribution in [0.25, 0.3) is 0 Å². The summed E-state index contributed by atoms with van der Waals surface area (Å²) in [6.07, 6.45) is 8.82. The fraction of sp³-hybridized carbons (Fsp3) is 0.875. The number of allylic oxidation sites excluding steroid dienone is 1. The number of esters is 1. The molecule has 1 heterocycles. The Kier molecular flexibility index (Phi) is 10.2. The second-order valence-corrected chi connectivity index (χ2v) is 9.35. The van der Waals surface area contributed by atoms with Crippen LogP contribution in [0.3, 0.4) is 0 Å². The third-order valence-corrected chi connectivity index (χ3v) is 6.36. The molecule has 1 saturated heterocycles. The number of rotatable bonds is 11. The summed E-state index contributed by atoms with van der Waals surface area (Å²) in [4.78, 5) is 11.7. The summed E-state index contributed by atoms with van der Waals surface area (Å²) in [6.45, 7) is 6.24. The van der Waals surface area contributed by atoms with Crippen molar-refractivity contribution in [3.8, 4) is 0 Å². The van der Waals surface area contributed by atoms with Gasteiger partial charge < -0.3 is 14.6 Å². The minimum Gasteiger partial charge on any atom is -0.463 e. The fourth-order valence-electron chi connectivity index (χ4n) is 4.74. The molecule has 1 N–H and O–H groups in total. The van der Waals surface area contributed by atoms with E-state index in [1.54, 1.807) is 12.2 Å². The number of carbonyl (C=O) groups is 1. The van der Waals surface area contributed by atoms with Crippen LogP contribution in [0.1, 0.15) is 85.0 Å². The van der Waals surface area contributed by atoms with Gasteiger partial charge in [-0.25, -0.2) is 8.78 Å². The summed E-state index contributed by atoms with van der Waals surface area (Å²) in [5.41, 5.74) is 0. The predicted octanol–water partition coefficient (Wildman–Crippen LogP) is 5.67. The molecule has 5 atom stereocenters. The average Bonchev–Trinajstić information content (AvgIpc) is 2.76. The molecular weight excluding hydrogens is 390 g/mol. The van der Waals surface area contributed by atoms with Crippen molar-refractivity contribution in [2.24, 2.45) is 17.8 Å². The molecule has 4 nitrogen and oxygen atoms in total. The summed E-state index contributed by atoms with van der Waals surface area (Å²) in [5.74, 6) is -3.76. The van der Waals surface area contributed by atoms with Gasteiger partial charge in [-0.1, -0.05) is 38.3 Å². The molecule has 0 radical (unpaired) electrons. The molecule has 1 unspecified atom stereocenters. The van der Waals surface area contributed by atoms with Gasteiger partial charge in [0, 0.05) is 25.4 Å². The second kappa shape index (κ2) is 12.1. The van der Waals surface area contributed by atoms with Crippen molar-refractivity contribution < 1.29 is 28.2 Å². The Morgan fingerprint density at radius 2 is 2.03 bits per heavy atom. The first kappa shape index (κ1) is 25.3. The van der Waals surface area contributed by atoms with Gasteiger partial charge in [-0.05, 0) is 57.8 Å². The molecule has 1 aliphatic heterocycles. The number of ether oxygens (including phenoxy) is 2. The first-order valence-electron chi connectivity index (χ1n) is 11.8. The van der Waals surface area contributed by atoms with Crippen LogP contribution in [0.2, 0.25) is 0 Å². The van der Waals surface area contributed by atoms with Gasteiger partial charge in [0.1, 0.15) is 0 Å².